The van der Waals surface area contributed by atoms with Gasteiger partial charge in [-0.05, 0) is 67.0 Å². The zero-order valence-corrected chi connectivity index (χ0v) is 11.9. The van der Waals surface area contributed by atoms with Gasteiger partial charge in [0.2, 0.25) is 0 Å². The summed E-state index contributed by atoms with van der Waals surface area (Å²) in [6.45, 7) is 5.07. The summed E-state index contributed by atoms with van der Waals surface area (Å²) in [5.41, 5.74) is 1.51. The molecule has 1 aliphatic carbocycles. The lowest BCUT2D eigenvalue weighted by Crippen LogP contribution is -2.39. The summed E-state index contributed by atoms with van der Waals surface area (Å²) < 4.78 is 0. The normalized spacial score (nSPS) is 23.9. The maximum atomic E-state index is 3.63. The molecule has 0 bridgehead atoms. The molecule has 0 spiro atoms. The molecule has 1 unspecified atom stereocenters. The lowest BCUT2D eigenvalue weighted by Gasteiger charge is -2.25. The van der Waals surface area contributed by atoms with Crippen molar-refractivity contribution in [3.8, 4) is 0 Å². The van der Waals surface area contributed by atoms with Crippen LogP contribution >= 0.6 is 11.3 Å². The molecule has 1 saturated heterocycles. The maximum absolute atomic E-state index is 3.63. The maximum Gasteiger partial charge on any atom is 0.0195 e. The third kappa shape index (κ3) is 3.81. The molecule has 1 saturated carbocycles. The van der Waals surface area contributed by atoms with E-state index in [1.807, 2.05) is 11.3 Å². The monoisotopic (exact) mass is 264 g/mol. The van der Waals surface area contributed by atoms with E-state index in [0.717, 1.165) is 12.0 Å². The van der Waals surface area contributed by atoms with Gasteiger partial charge in [-0.2, -0.15) is 11.3 Å². The Bertz CT molecular complexity index is 339. The van der Waals surface area contributed by atoms with Crippen molar-refractivity contribution in [2.45, 2.75) is 38.1 Å². The quantitative estimate of drug-likeness (QED) is 0.814. The molecule has 18 heavy (non-hydrogen) atoms. The van der Waals surface area contributed by atoms with Crippen molar-refractivity contribution in [3.05, 3.63) is 22.4 Å². The van der Waals surface area contributed by atoms with Crippen LogP contribution in [0.2, 0.25) is 0 Å². The predicted octanol–water partition coefficient (Wildman–Crippen LogP) is 2.75. The summed E-state index contributed by atoms with van der Waals surface area (Å²) in [5.74, 6) is 1.01. The van der Waals surface area contributed by atoms with Crippen LogP contribution in [0, 0.1) is 5.92 Å². The molecule has 1 aromatic heterocycles. The van der Waals surface area contributed by atoms with E-state index in [4.69, 9.17) is 0 Å². The van der Waals surface area contributed by atoms with Crippen molar-refractivity contribution in [1.29, 1.82) is 0 Å². The van der Waals surface area contributed by atoms with E-state index >= 15 is 0 Å². The Morgan fingerprint density at radius 1 is 1.28 bits per heavy atom. The molecule has 1 aliphatic heterocycles. The Labute approximate surface area is 114 Å². The number of thiophene rings is 1. The van der Waals surface area contributed by atoms with E-state index in [0.29, 0.717) is 0 Å². The number of hydrogen-bond donors (Lipinski definition) is 1. The van der Waals surface area contributed by atoms with Gasteiger partial charge in [0, 0.05) is 25.7 Å². The molecule has 2 fully saturated rings. The van der Waals surface area contributed by atoms with E-state index in [1.54, 1.807) is 0 Å². The predicted molar refractivity (Wildman–Crippen MR) is 78.2 cm³/mol. The van der Waals surface area contributed by atoms with Crippen LogP contribution in [0.25, 0.3) is 0 Å². The molecular weight excluding hydrogens is 240 g/mol. The lowest BCUT2D eigenvalue weighted by atomic mass is 10.2. The Morgan fingerprint density at radius 3 is 2.89 bits per heavy atom. The summed E-state index contributed by atoms with van der Waals surface area (Å²) in [6, 6.07) is 3.03. The van der Waals surface area contributed by atoms with Crippen molar-refractivity contribution in [3.63, 3.8) is 0 Å². The van der Waals surface area contributed by atoms with Crippen molar-refractivity contribution in [2.24, 2.45) is 5.92 Å². The molecule has 3 rings (SSSR count). The highest BCUT2D eigenvalue weighted by molar-refractivity contribution is 7.07. The number of rotatable bonds is 7. The van der Waals surface area contributed by atoms with Gasteiger partial charge in [-0.1, -0.05) is 0 Å². The molecule has 100 valence electrons. The van der Waals surface area contributed by atoms with E-state index in [2.05, 4.69) is 27.0 Å². The van der Waals surface area contributed by atoms with Gasteiger partial charge >= 0.3 is 0 Å². The zero-order valence-electron chi connectivity index (χ0n) is 11.1. The van der Waals surface area contributed by atoms with Crippen molar-refractivity contribution in [2.75, 3.05) is 26.2 Å². The van der Waals surface area contributed by atoms with Gasteiger partial charge in [0.1, 0.15) is 0 Å². The smallest absolute Gasteiger partial charge is 0.0195 e. The molecule has 0 amide bonds. The summed E-state index contributed by atoms with van der Waals surface area (Å²) in [6.07, 6.45) is 6.90. The largest absolute Gasteiger partial charge is 0.313 e. The molecule has 2 heterocycles. The fourth-order valence-electron chi connectivity index (χ4n) is 2.87. The van der Waals surface area contributed by atoms with Gasteiger partial charge in [0.05, 0.1) is 0 Å². The third-order valence-electron chi connectivity index (χ3n) is 4.15. The van der Waals surface area contributed by atoms with Gasteiger partial charge in [-0.15, -0.1) is 0 Å². The van der Waals surface area contributed by atoms with Crippen LogP contribution < -0.4 is 5.32 Å². The highest BCUT2D eigenvalue weighted by Gasteiger charge is 2.26. The van der Waals surface area contributed by atoms with E-state index in [9.17, 15) is 0 Å². The Hall–Kier alpha value is -0.380. The molecule has 0 aromatic carbocycles. The minimum Gasteiger partial charge on any atom is -0.313 e. The van der Waals surface area contributed by atoms with Gasteiger partial charge < -0.3 is 10.2 Å². The number of nitrogens with zero attached hydrogens (tertiary/aromatic N) is 1. The Kier molecular flexibility index (Phi) is 4.34. The molecule has 0 radical (unpaired) electrons. The third-order valence-corrected chi connectivity index (χ3v) is 4.88. The zero-order chi connectivity index (χ0) is 12.2. The van der Waals surface area contributed by atoms with Crippen LogP contribution in [0.1, 0.15) is 31.2 Å². The van der Waals surface area contributed by atoms with E-state index in [-0.39, 0.29) is 0 Å². The van der Waals surface area contributed by atoms with Crippen LogP contribution in [0.15, 0.2) is 16.8 Å². The van der Waals surface area contributed by atoms with Crippen LogP contribution in [-0.4, -0.2) is 37.1 Å². The minimum absolute atomic E-state index is 0.756. The summed E-state index contributed by atoms with van der Waals surface area (Å²) in [7, 11) is 0. The SMILES string of the molecule is c1cc(CCN(CC2CC2)CC2CCCN2)cs1. The highest BCUT2D eigenvalue weighted by Crippen LogP contribution is 2.30. The molecule has 2 aliphatic rings. The second-order valence-electron chi connectivity index (χ2n) is 5.88. The summed E-state index contributed by atoms with van der Waals surface area (Å²) >= 11 is 1.82. The first-order valence-corrected chi connectivity index (χ1v) is 8.31. The molecule has 2 nitrogen and oxygen atoms in total. The van der Waals surface area contributed by atoms with E-state index < -0.39 is 0 Å². The molecular formula is C15H24N2S. The van der Waals surface area contributed by atoms with Crippen LogP contribution in [0.5, 0.6) is 0 Å². The molecule has 1 N–H and O–H groups in total. The van der Waals surface area contributed by atoms with E-state index in [1.165, 1.54) is 63.8 Å². The average molecular weight is 264 g/mol. The molecule has 1 atom stereocenters. The van der Waals surface area contributed by atoms with Gasteiger partial charge in [-0.3, -0.25) is 0 Å². The molecule has 3 heteroatoms. The van der Waals surface area contributed by atoms with Crippen LogP contribution in [0.4, 0.5) is 0 Å². The average Bonchev–Trinajstić information content (AvgIpc) is 2.85. The first-order valence-electron chi connectivity index (χ1n) is 7.37. The van der Waals surface area contributed by atoms with Gasteiger partial charge in [0.25, 0.3) is 0 Å². The lowest BCUT2D eigenvalue weighted by molar-refractivity contribution is 0.242. The standard InChI is InChI=1S/C15H24N2S/c1-2-15(16-7-1)11-17(10-13-3-4-13)8-5-14-6-9-18-12-14/h6,9,12-13,15-16H,1-5,7-8,10-11H2. The minimum atomic E-state index is 0.756. The Balaban J connectivity index is 1.47. The number of nitrogens with one attached hydrogen (secondary N) is 1. The highest BCUT2D eigenvalue weighted by atomic mass is 32.1. The summed E-state index contributed by atoms with van der Waals surface area (Å²) in [4.78, 5) is 2.71. The van der Waals surface area contributed by atoms with Gasteiger partial charge in [-0.25, -0.2) is 0 Å². The fourth-order valence-corrected chi connectivity index (χ4v) is 3.57. The van der Waals surface area contributed by atoms with Crippen LogP contribution in [-0.2, 0) is 6.42 Å². The Morgan fingerprint density at radius 2 is 2.22 bits per heavy atom. The summed E-state index contributed by atoms with van der Waals surface area (Å²) in [5, 5.41) is 8.12. The fraction of sp³-hybridized carbons (Fsp3) is 0.733. The topological polar surface area (TPSA) is 15.3 Å². The second kappa shape index (κ2) is 6.18. The second-order valence-corrected chi connectivity index (χ2v) is 6.66. The first-order chi connectivity index (χ1) is 8.90. The van der Waals surface area contributed by atoms with Crippen molar-refractivity contribution >= 4 is 11.3 Å². The van der Waals surface area contributed by atoms with Crippen molar-refractivity contribution in [1.82, 2.24) is 10.2 Å². The van der Waals surface area contributed by atoms with Crippen molar-refractivity contribution < 1.29 is 0 Å². The molecule has 1 aromatic rings. The van der Waals surface area contributed by atoms with Crippen LogP contribution in [0.3, 0.4) is 0 Å². The number of hydrogen-bond acceptors (Lipinski definition) is 3. The van der Waals surface area contributed by atoms with Gasteiger partial charge in [0.15, 0.2) is 0 Å². The first kappa shape index (κ1) is 12.6.